The molecule has 6 heteroatoms. The molecule has 112 valence electrons. The van der Waals surface area contributed by atoms with E-state index in [1.165, 1.54) is 0 Å². The Morgan fingerprint density at radius 1 is 1.29 bits per heavy atom. The molecule has 0 amide bonds. The lowest BCUT2D eigenvalue weighted by Gasteiger charge is -2.26. The van der Waals surface area contributed by atoms with Gasteiger partial charge in [-0.25, -0.2) is 0 Å². The van der Waals surface area contributed by atoms with E-state index in [0.717, 1.165) is 30.6 Å². The summed E-state index contributed by atoms with van der Waals surface area (Å²) >= 11 is 0. The highest BCUT2D eigenvalue weighted by Crippen LogP contribution is 2.39. The van der Waals surface area contributed by atoms with E-state index in [9.17, 15) is 18.0 Å². The van der Waals surface area contributed by atoms with Crippen LogP contribution < -0.4 is 10.9 Å². The van der Waals surface area contributed by atoms with Gasteiger partial charge in [-0.15, -0.1) is 0 Å². The van der Waals surface area contributed by atoms with Gasteiger partial charge in [0.05, 0.1) is 11.1 Å². The molecule has 0 fully saturated rings. The molecule has 0 saturated heterocycles. The molecule has 1 aliphatic heterocycles. The maximum atomic E-state index is 13.1. The van der Waals surface area contributed by atoms with E-state index in [4.69, 9.17) is 0 Å². The first-order valence-electron chi connectivity index (χ1n) is 6.92. The Labute approximate surface area is 119 Å². The molecule has 2 aromatic rings. The first-order chi connectivity index (χ1) is 9.90. The summed E-state index contributed by atoms with van der Waals surface area (Å²) in [5.41, 5.74) is 0.323. The predicted octanol–water partition coefficient (Wildman–Crippen LogP) is 3.86. The number of pyridine rings is 1. The number of alkyl halides is 3. The Morgan fingerprint density at radius 2 is 2.05 bits per heavy atom. The third-order valence-electron chi connectivity index (χ3n) is 4.06. The molecule has 1 aliphatic rings. The second kappa shape index (κ2) is 4.79. The monoisotopic (exact) mass is 296 g/mol. The average Bonchev–Trinajstić information content (AvgIpc) is 2.42. The molecule has 0 spiro atoms. The average molecular weight is 296 g/mol. The van der Waals surface area contributed by atoms with Gasteiger partial charge in [0.1, 0.15) is 0 Å². The largest absolute Gasteiger partial charge is 0.417 e. The molecule has 2 N–H and O–H groups in total. The molecular formula is C15H15F3N2O. The number of hydrogen-bond donors (Lipinski definition) is 2. The predicted molar refractivity (Wildman–Crippen MR) is 75.7 cm³/mol. The van der Waals surface area contributed by atoms with Gasteiger partial charge in [-0.1, -0.05) is 6.92 Å². The topological polar surface area (TPSA) is 44.9 Å². The van der Waals surface area contributed by atoms with Crippen molar-refractivity contribution in [2.24, 2.45) is 0 Å². The summed E-state index contributed by atoms with van der Waals surface area (Å²) in [7, 11) is 0. The second-order valence-electron chi connectivity index (χ2n) is 5.35. The SMILES string of the molecule is CC[C@@H]1CCNc2cc3[nH]c(=O)cc(C(F)(F)F)c3cc21. The quantitative estimate of drug-likeness (QED) is 0.839. The van der Waals surface area contributed by atoms with Gasteiger partial charge < -0.3 is 10.3 Å². The molecule has 2 heterocycles. The third-order valence-corrected chi connectivity index (χ3v) is 4.06. The molecule has 0 bridgehead atoms. The van der Waals surface area contributed by atoms with Crippen molar-refractivity contribution in [3.8, 4) is 0 Å². The van der Waals surface area contributed by atoms with Gasteiger partial charge in [-0.05, 0) is 36.5 Å². The van der Waals surface area contributed by atoms with Crippen LogP contribution in [0.2, 0.25) is 0 Å². The molecule has 1 aromatic heterocycles. The highest BCUT2D eigenvalue weighted by Gasteiger charge is 2.34. The molecular weight excluding hydrogens is 281 g/mol. The summed E-state index contributed by atoms with van der Waals surface area (Å²) < 4.78 is 39.4. The number of aromatic nitrogens is 1. The minimum absolute atomic E-state index is 0.0583. The lowest BCUT2D eigenvalue weighted by atomic mass is 9.87. The summed E-state index contributed by atoms with van der Waals surface area (Å²) in [6.07, 6.45) is -2.75. The first-order valence-corrected chi connectivity index (χ1v) is 6.92. The number of aromatic amines is 1. The summed E-state index contributed by atoms with van der Waals surface area (Å²) in [5, 5.41) is 3.25. The van der Waals surface area contributed by atoms with Gasteiger partial charge in [-0.2, -0.15) is 13.2 Å². The minimum Gasteiger partial charge on any atom is -0.385 e. The number of halogens is 3. The Balaban J connectivity index is 2.33. The molecule has 1 atom stereocenters. The van der Waals surface area contributed by atoms with Crippen LogP contribution in [0.1, 0.15) is 36.8 Å². The maximum absolute atomic E-state index is 13.1. The fourth-order valence-electron chi connectivity index (χ4n) is 3.01. The van der Waals surface area contributed by atoms with Crippen molar-refractivity contribution in [1.29, 1.82) is 0 Å². The Kier molecular flexibility index (Phi) is 3.19. The van der Waals surface area contributed by atoms with E-state index in [0.29, 0.717) is 6.07 Å². The summed E-state index contributed by atoms with van der Waals surface area (Å²) in [5.74, 6) is 0.249. The van der Waals surface area contributed by atoms with Crippen LogP contribution in [0.5, 0.6) is 0 Å². The van der Waals surface area contributed by atoms with Crippen molar-refractivity contribution in [1.82, 2.24) is 4.98 Å². The zero-order chi connectivity index (χ0) is 15.2. The number of nitrogens with one attached hydrogen (secondary N) is 2. The van der Waals surface area contributed by atoms with Gasteiger partial charge in [0.25, 0.3) is 0 Å². The normalized spacial score (nSPS) is 18.4. The summed E-state index contributed by atoms with van der Waals surface area (Å²) in [6, 6.07) is 3.82. The van der Waals surface area contributed by atoms with Crippen LogP contribution in [0.3, 0.4) is 0 Å². The fourth-order valence-corrected chi connectivity index (χ4v) is 3.01. The number of H-pyrrole nitrogens is 1. The molecule has 0 aliphatic carbocycles. The fraction of sp³-hybridized carbons (Fsp3) is 0.400. The Bertz CT molecular complexity index is 749. The van der Waals surface area contributed by atoms with Crippen molar-refractivity contribution in [3.05, 3.63) is 39.7 Å². The smallest absolute Gasteiger partial charge is 0.385 e. The lowest BCUT2D eigenvalue weighted by molar-refractivity contribution is -0.136. The standard InChI is InChI=1S/C15H15F3N2O/c1-2-8-3-4-19-12-7-13-10(5-9(8)12)11(15(16,17)18)6-14(21)20-13/h5-8,19H,2-4H2,1H3,(H,20,21)/t8-/m1/s1. The van der Waals surface area contributed by atoms with Crippen molar-refractivity contribution < 1.29 is 13.2 Å². The van der Waals surface area contributed by atoms with Crippen molar-refractivity contribution in [3.63, 3.8) is 0 Å². The van der Waals surface area contributed by atoms with E-state index in [2.05, 4.69) is 10.3 Å². The molecule has 21 heavy (non-hydrogen) atoms. The number of fused-ring (bicyclic) bond motifs is 2. The molecule has 1 aromatic carbocycles. The molecule has 0 radical (unpaired) electrons. The van der Waals surface area contributed by atoms with Crippen molar-refractivity contribution >= 4 is 16.6 Å². The second-order valence-corrected chi connectivity index (χ2v) is 5.35. The van der Waals surface area contributed by atoms with Crippen molar-refractivity contribution in [2.45, 2.75) is 31.9 Å². The number of anilines is 1. The molecule has 3 nitrogen and oxygen atoms in total. The van der Waals surface area contributed by atoms with Gasteiger partial charge in [-0.3, -0.25) is 4.79 Å². The number of benzene rings is 1. The van der Waals surface area contributed by atoms with Gasteiger partial charge in [0, 0.05) is 23.7 Å². The summed E-state index contributed by atoms with van der Waals surface area (Å²) in [4.78, 5) is 14.0. The van der Waals surface area contributed by atoms with Crippen LogP contribution in [0, 0.1) is 0 Å². The van der Waals surface area contributed by atoms with Crippen LogP contribution in [-0.2, 0) is 6.18 Å². The highest BCUT2D eigenvalue weighted by molar-refractivity contribution is 5.87. The molecule has 0 unspecified atom stereocenters. The molecule has 0 saturated carbocycles. The zero-order valence-electron chi connectivity index (χ0n) is 11.5. The van der Waals surface area contributed by atoms with Gasteiger partial charge in [0.15, 0.2) is 0 Å². The van der Waals surface area contributed by atoms with E-state index in [-0.39, 0.29) is 16.8 Å². The zero-order valence-corrected chi connectivity index (χ0v) is 11.5. The van der Waals surface area contributed by atoms with E-state index in [1.807, 2.05) is 6.92 Å². The van der Waals surface area contributed by atoms with Gasteiger partial charge >= 0.3 is 6.18 Å². The van der Waals surface area contributed by atoms with Crippen LogP contribution in [-0.4, -0.2) is 11.5 Å². The number of rotatable bonds is 1. The van der Waals surface area contributed by atoms with E-state index < -0.39 is 17.3 Å². The third kappa shape index (κ3) is 2.39. The van der Waals surface area contributed by atoms with Crippen LogP contribution in [0.4, 0.5) is 18.9 Å². The molecule has 3 rings (SSSR count). The lowest BCUT2D eigenvalue weighted by Crippen LogP contribution is -2.18. The number of hydrogen-bond acceptors (Lipinski definition) is 2. The minimum atomic E-state index is -4.54. The summed E-state index contributed by atoms with van der Waals surface area (Å²) in [6.45, 7) is 2.82. The van der Waals surface area contributed by atoms with Crippen LogP contribution >= 0.6 is 0 Å². The highest BCUT2D eigenvalue weighted by atomic mass is 19.4. The van der Waals surface area contributed by atoms with Crippen LogP contribution in [0.25, 0.3) is 10.9 Å². The van der Waals surface area contributed by atoms with Crippen molar-refractivity contribution in [2.75, 3.05) is 11.9 Å². The van der Waals surface area contributed by atoms with Gasteiger partial charge in [0.2, 0.25) is 5.56 Å². The Hall–Kier alpha value is -1.98. The van der Waals surface area contributed by atoms with Crippen LogP contribution in [0.15, 0.2) is 23.0 Å². The van der Waals surface area contributed by atoms with E-state index >= 15 is 0 Å². The maximum Gasteiger partial charge on any atom is 0.417 e. The Morgan fingerprint density at radius 3 is 2.71 bits per heavy atom. The van der Waals surface area contributed by atoms with E-state index in [1.54, 1.807) is 12.1 Å². The first kappa shape index (κ1) is 14.0.